The zero-order valence-corrected chi connectivity index (χ0v) is 15.5. The lowest BCUT2D eigenvalue weighted by molar-refractivity contribution is -0.142. The number of nitrogens with one attached hydrogen (secondary N) is 1. The molecule has 1 fully saturated rings. The first-order valence-corrected chi connectivity index (χ1v) is 8.74. The molecule has 0 saturated heterocycles. The standard InChI is InChI=1S/C18H19BrN2O4/c1-24-17(22)11-25-16-7-6-14(19)9-12(16)8-13(10-20)18(23)21-15-4-2-3-5-15/h6-9,15H,2-5,11H2,1H3,(H,21,23)/b13-8-. The molecule has 2 rings (SSSR count). The highest BCUT2D eigenvalue weighted by atomic mass is 79.9. The summed E-state index contributed by atoms with van der Waals surface area (Å²) in [5, 5.41) is 12.2. The fourth-order valence-corrected chi connectivity index (χ4v) is 2.98. The monoisotopic (exact) mass is 406 g/mol. The molecule has 0 aliphatic heterocycles. The number of carbonyl (C=O) groups excluding carboxylic acids is 2. The van der Waals surface area contributed by atoms with Crippen LogP contribution in [-0.2, 0) is 14.3 Å². The van der Waals surface area contributed by atoms with E-state index in [9.17, 15) is 14.9 Å². The van der Waals surface area contributed by atoms with E-state index in [2.05, 4.69) is 26.0 Å². The molecule has 7 heteroatoms. The zero-order chi connectivity index (χ0) is 18.2. The molecule has 1 aromatic rings. The largest absolute Gasteiger partial charge is 0.481 e. The highest BCUT2D eigenvalue weighted by Crippen LogP contribution is 2.26. The molecule has 1 N–H and O–H groups in total. The Hall–Kier alpha value is -2.33. The molecule has 25 heavy (non-hydrogen) atoms. The average Bonchev–Trinajstić information content (AvgIpc) is 3.11. The van der Waals surface area contributed by atoms with Gasteiger partial charge in [0.1, 0.15) is 17.4 Å². The smallest absolute Gasteiger partial charge is 0.343 e. The fraction of sp³-hybridized carbons (Fsp3) is 0.389. The van der Waals surface area contributed by atoms with Crippen molar-refractivity contribution >= 4 is 33.9 Å². The number of esters is 1. The van der Waals surface area contributed by atoms with Crippen LogP contribution in [0.3, 0.4) is 0 Å². The molecule has 1 aromatic carbocycles. The van der Waals surface area contributed by atoms with Crippen molar-refractivity contribution in [2.75, 3.05) is 13.7 Å². The first-order valence-electron chi connectivity index (χ1n) is 7.95. The van der Waals surface area contributed by atoms with E-state index in [1.54, 1.807) is 18.2 Å². The van der Waals surface area contributed by atoms with Gasteiger partial charge in [0.15, 0.2) is 6.61 Å². The molecule has 1 aliphatic rings. The third kappa shape index (κ3) is 5.61. The Morgan fingerprint density at radius 3 is 2.76 bits per heavy atom. The molecule has 0 bridgehead atoms. The summed E-state index contributed by atoms with van der Waals surface area (Å²) < 4.78 is 10.7. The summed E-state index contributed by atoms with van der Waals surface area (Å²) in [5.41, 5.74) is 0.518. The van der Waals surface area contributed by atoms with Crippen LogP contribution >= 0.6 is 15.9 Å². The maximum atomic E-state index is 12.3. The Labute approximate surface area is 154 Å². The molecule has 1 aliphatic carbocycles. The molecular formula is C18H19BrN2O4. The van der Waals surface area contributed by atoms with Crippen molar-refractivity contribution in [2.45, 2.75) is 31.7 Å². The van der Waals surface area contributed by atoms with E-state index in [0.29, 0.717) is 11.3 Å². The molecular weight excluding hydrogens is 388 g/mol. The molecule has 1 saturated carbocycles. The molecule has 0 unspecified atom stereocenters. The Kier molecular flexibility index (Phi) is 7.02. The van der Waals surface area contributed by atoms with Gasteiger partial charge < -0.3 is 14.8 Å². The number of benzene rings is 1. The van der Waals surface area contributed by atoms with Crippen molar-refractivity contribution in [2.24, 2.45) is 0 Å². The molecule has 6 nitrogen and oxygen atoms in total. The third-order valence-corrected chi connectivity index (χ3v) is 4.39. The van der Waals surface area contributed by atoms with Crippen LogP contribution in [0.25, 0.3) is 6.08 Å². The molecule has 132 valence electrons. The molecule has 1 amide bonds. The van der Waals surface area contributed by atoms with Crippen LogP contribution in [0, 0.1) is 11.3 Å². The van der Waals surface area contributed by atoms with E-state index in [0.717, 1.165) is 30.2 Å². The molecule has 0 radical (unpaired) electrons. The van der Waals surface area contributed by atoms with Gasteiger partial charge in [0.25, 0.3) is 5.91 Å². The van der Waals surface area contributed by atoms with Gasteiger partial charge >= 0.3 is 5.97 Å². The molecule has 0 aromatic heterocycles. The Morgan fingerprint density at radius 2 is 2.12 bits per heavy atom. The van der Waals surface area contributed by atoms with Crippen LogP contribution < -0.4 is 10.1 Å². The van der Waals surface area contributed by atoms with Gasteiger partial charge in [0, 0.05) is 16.1 Å². The van der Waals surface area contributed by atoms with Gasteiger partial charge in [-0.2, -0.15) is 5.26 Å². The normalized spacial score (nSPS) is 14.7. The lowest BCUT2D eigenvalue weighted by atomic mass is 10.1. The quantitative estimate of drug-likeness (QED) is 0.445. The van der Waals surface area contributed by atoms with Gasteiger partial charge in [-0.15, -0.1) is 0 Å². The Bertz CT molecular complexity index is 718. The maximum absolute atomic E-state index is 12.3. The summed E-state index contributed by atoms with van der Waals surface area (Å²) >= 11 is 3.35. The number of hydrogen-bond donors (Lipinski definition) is 1. The summed E-state index contributed by atoms with van der Waals surface area (Å²) in [5.74, 6) is -0.527. The predicted molar refractivity (Wildman–Crippen MR) is 95.6 cm³/mol. The number of hydrogen-bond acceptors (Lipinski definition) is 5. The van der Waals surface area contributed by atoms with Crippen molar-refractivity contribution in [1.29, 1.82) is 5.26 Å². The summed E-state index contributed by atoms with van der Waals surface area (Å²) in [6.45, 7) is -0.255. The first-order chi connectivity index (χ1) is 12.0. The number of halogens is 1. The number of nitrogens with zero attached hydrogens (tertiary/aromatic N) is 1. The minimum absolute atomic E-state index is 0.00656. The van der Waals surface area contributed by atoms with Crippen molar-refractivity contribution < 1.29 is 19.1 Å². The summed E-state index contributed by atoms with van der Waals surface area (Å²) in [6.07, 6.45) is 5.52. The van der Waals surface area contributed by atoms with Gasteiger partial charge in [-0.05, 0) is 37.1 Å². The van der Waals surface area contributed by atoms with Gasteiger partial charge in [-0.25, -0.2) is 4.79 Å². The van der Waals surface area contributed by atoms with Crippen molar-refractivity contribution in [3.8, 4) is 11.8 Å². The van der Waals surface area contributed by atoms with Gasteiger partial charge in [0.05, 0.1) is 7.11 Å². The van der Waals surface area contributed by atoms with E-state index < -0.39 is 11.9 Å². The van der Waals surface area contributed by atoms with E-state index >= 15 is 0 Å². The minimum atomic E-state index is -0.516. The highest BCUT2D eigenvalue weighted by Gasteiger charge is 2.19. The second-order valence-electron chi connectivity index (χ2n) is 5.67. The van der Waals surface area contributed by atoms with Gasteiger partial charge in [-0.3, -0.25) is 4.79 Å². The average molecular weight is 407 g/mol. The van der Waals surface area contributed by atoms with Crippen molar-refractivity contribution in [3.63, 3.8) is 0 Å². The lowest BCUT2D eigenvalue weighted by Crippen LogP contribution is -2.33. The second-order valence-corrected chi connectivity index (χ2v) is 6.59. The molecule has 0 spiro atoms. The SMILES string of the molecule is COC(=O)COc1ccc(Br)cc1/C=C(/C#N)C(=O)NC1CCCC1. The van der Waals surface area contributed by atoms with E-state index in [1.165, 1.54) is 13.2 Å². The van der Waals surface area contributed by atoms with Crippen molar-refractivity contribution in [1.82, 2.24) is 5.32 Å². The Balaban J connectivity index is 2.20. The maximum Gasteiger partial charge on any atom is 0.343 e. The molecule has 0 heterocycles. The number of rotatable bonds is 6. The van der Waals surface area contributed by atoms with Crippen LogP contribution in [0.2, 0.25) is 0 Å². The van der Waals surface area contributed by atoms with Crippen LogP contribution in [0.15, 0.2) is 28.2 Å². The van der Waals surface area contributed by atoms with E-state index in [1.807, 2.05) is 6.07 Å². The lowest BCUT2D eigenvalue weighted by Gasteiger charge is -2.12. The topological polar surface area (TPSA) is 88.4 Å². The zero-order valence-electron chi connectivity index (χ0n) is 13.9. The number of ether oxygens (including phenoxy) is 2. The third-order valence-electron chi connectivity index (χ3n) is 3.90. The number of methoxy groups -OCH3 is 1. The minimum Gasteiger partial charge on any atom is -0.481 e. The van der Waals surface area contributed by atoms with Crippen LogP contribution in [0.1, 0.15) is 31.2 Å². The summed E-state index contributed by atoms with van der Waals surface area (Å²) in [7, 11) is 1.27. The van der Waals surface area contributed by atoms with Crippen LogP contribution in [-0.4, -0.2) is 31.6 Å². The number of nitriles is 1. The van der Waals surface area contributed by atoms with Crippen molar-refractivity contribution in [3.05, 3.63) is 33.8 Å². The van der Waals surface area contributed by atoms with E-state index in [4.69, 9.17) is 4.74 Å². The van der Waals surface area contributed by atoms with E-state index in [-0.39, 0.29) is 18.2 Å². The highest BCUT2D eigenvalue weighted by molar-refractivity contribution is 9.10. The van der Waals surface area contributed by atoms with Gasteiger partial charge in [0.2, 0.25) is 0 Å². The van der Waals surface area contributed by atoms with Crippen LogP contribution in [0.5, 0.6) is 5.75 Å². The predicted octanol–water partition coefficient (Wildman–Crippen LogP) is 2.97. The molecule has 0 atom stereocenters. The Morgan fingerprint density at radius 1 is 1.40 bits per heavy atom. The van der Waals surface area contributed by atoms with Gasteiger partial charge in [-0.1, -0.05) is 28.8 Å². The number of amides is 1. The fourth-order valence-electron chi connectivity index (χ4n) is 2.60. The summed E-state index contributed by atoms with van der Waals surface area (Å²) in [6, 6.07) is 7.18. The number of carbonyl (C=O) groups is 2. The summed E-state index contributed by atoms with van der Waals surface area (Å²) in [4.78, 5) is 23.6. The first kappa shape index (κ1) is 19.0. The second kappa shape index (κ2) is 9.23. The van der Waals surface area contributed by atoms with Crippen LogP contribution in [0.4, 0.5) is 0 Å².